The van der Waals surface area contributed by atoms with Crippen LogP contribution in [0.25, 0.3) is 16.6 Å². The quantitative estimate of drug-likeness (QED) is 0.305. The summed E-state index contributed by atoms with van der Waals surface area (Å²) in [5.74, 6) is -2.33. The van der Waals surface area contributed by atoms with E-state index in [0.717, 1.165) is 42.5 Å². The Kier molecular flexibility index (Phi) is 5.45. The number of aromatic nitrogens is 4. The van der Waals surface area contributed by atoms with Crippen LogP contribution in [0.1, 0.15) is 32.7 Å². The van der Waals surface area contributed by atoms with E-state index in [4.69, 9.17) is 10.5 Å². The highest BCUT2D eigenvalue weighted by Gasteiger charge is 2.22. The van der Waals surface area contributed by atoms with Crippen molar-refractivity contribution in [2.75, 3.05) is 12.3 Å². The van der Waals surface area contributed by atoms with Gasteiger partial charge in [-0.1, -0.05) is 12.1 Å². The molecule has 2 aromatic carbocycles. The predicted octanol–water partition coefficient (Wildman–Crippen LogP) is 4.59. The smallest absolute Gasteiger partial charge is 0.219 e. The summed E-state index contributed by atoms with van der Waals surface area (Å²) in [6.45, 7) is 3.46. The van der Waals surface area contributed by atoms with Crippen LogP contribution < -0.4 is 15.8 Å². The number of benzene rings is 2. The number of carbonyl (C=O) groups is 1. The number of ether oxygens (including phenoxy) is 1. The number of hydrogen-bond donors (Lipinski definition) is 3. The molecule has 0 saturated heterocycles. The first-order valence-electron chi connectivity index (χ1n) is 11.7. The van der Waals surface area contributed by atoms with Crippen LogP contribution in [0.4, 0.5) is 14.6 Å². The number of fused-ring (bicyclic) bond motifs is 3. The molecule has 1 aliphatic heterocycles. The second-order valence-corrected chi connectivity index (χ2v) is 8.92. The molecular weight excluding hydrogens is 478 g/mol. The summed E-state index contributed by atoms with van der Waals surface area (Å²) < 4.78 is 34.6. The number of nitrogens with two attached hydrogens (primary N) is 1. The lowest BCUT2D eigenvalue weighted by molar-refractivity contribution is 0.103. The number of aryl methyl sites for hydroxylation is 1. The minimum atomic E-state index is -0.836. The van der Waals surface area contributed by atoms with Crippen LogP contribution in [0.15, 0.2) is 54.9 Å². The average Bonchev–Trinajstić information content (AvgIpc) is 3.50. The first kappa shape index (κ1) is 22.9. The molecule has 37 heavy (non-hydrogen) atoms. The number of H-pyrrole nitrogens is 1. The van der Waals surface area contributed by atoms with Crippen LogP contribution in [0.3, 0.4) is 0 Å². The molecule has 1 aliphatic rings. The molecule has 3 aromatic heterocycles. The van der Waals surface area contributed by atoms with Gasteiger partial charge in [-0.3, -0.25) is 4.79 Å². The number of aromatic amines is 1. The molecule has 0 radical (unpaired) electrons. The van der Waals surface area contributed by atoms with Crippen LogP contribution in [-0.4, -0.2) is 32.1 Å². The summed E-state index contributed by atoms with van der Waals surface area (Å²) in [4.78, 5) is 20.7. The third kappa shape index (κ3) is 3.91. The first-order chi connectivity index (χ1) is 17.9. The number of nitrogen functional groups attached to an aromatic ring is 1. The zero-order chi connectivity index (χ0) is 25.7. The summed E-state index contributed by atoms with van der Waals surface area (Å²) in [6.07, 6.45) is 3.74. The standard InChI is InChI=1S/C27H22F2N6O2/c1-14-9-24(37-26-19(28)3-2-4-20(26)29)32-13-23(14)35-27(30)18(12-33-35)25(36)22-10-17-16-7-8-31-11-15(16)5-6-21(17)34-22/h2-6,9-10,12-13,31,34H,7-8,11,30H2,1H3. The minimum absolute atomic E-state index is 0.00360. The van der Waals surface area contributed by atoms with Gasteiger partial charge in [0.15, 0.2) is 11.6 Å². The van der Waals surface area contributed by atoms with Gasteiger partial charge in [0.25, 0.3) is 0 Å². The molecule has 4 N–H and O–H groups in total. The summed E-state index contributed by atoms with van der Waals surface area (Å²) >= 11 is 0. The highest BCUT2D eigenvalue weighted by Crippen LogP contribution is 2.30. The number of hydrogen-bond acceptors (Lipinski definition) is 6. The zero-order valence-corrected chi connectivity index (χ0v) is 19.8. The Bertz CT molecular complexity index is 1670. The Balaban J connectivity index is 1.30. The maximum Gasteiger partial charge on any atom is 0.219 e. The van der Waals surface area contributed by atoms with E-state index in [1.165, 1.54) is 40.3 Å². The Morgan fingerprint density at radius 2 is 1.95 bits per heavy atom. The Morgan fingerprint density at radius 1 is 1.14 bits per heavy atom. The number of carbonyl (C=O) groups excluding carboxylic acids is 1. The molecule has 0 fully saturated rings. The van der Waals surface area contributed by atoms with Gasteiger partial charge in [-0.05, 0) is 60.8 Å². The fourth-order valence-electron chi connectivity index (χ4n) is 4.68. The highest BCUT2D eigenvalue weighted by molar-refractivity contribution is 6.12. The van der Waals surface area contributed by atoms with Crippen LogP contribution in [0, 0.1) is 18.6 Å². The van der Waals surface area contributed by atoms with Crippen molar-refractivity contribution in [2.45, 2.75) is 19.9 Å². The van der Waals surface area contributed by atoms with Gasteiger partial charge in [0.2, 0.25) is 17.4 Å². The molecule has 0 spiro atoms. The second kappa shape index (κ2) is 8.82. The van der Waals surface area contributed by atoms with Crippen molar-refractivity contribution in [1.82, 2.24) is 25.1 Å². The highest BCUT2D eigenvalue weighted by atomic mass is 19.1. The summed E-state index contributed by atoms with van der Waals surface area (Å²) in [5.41, 5.74) is 11.5. The first-order valence-corrected chi connectivity index (χ1v) is 11.7. The number of rotatable bonds is 5. The van der Waals surface area contributed by atoms with Gasteiger partial charge in [-0.15, -0.1) is 0 Å². The van der Waals surface area contributed by atoms with Crippen LogP contribution in [-0.2, 0) is 13.0 Å². The Labute approximate surface area is 210 Å². The third-order valence-corrected chi connectivity index (χ3v) is 6.59. The lowest BCUT2D eigenvalue weighted by atomic mass is 9.97. The van der Waals surface area contributed by atoms with E-state index in [9.17, 15) is 13.6 Å². The molecule has 0 bridgehead atoms. The van der Waals surface area contributed by atoms with E-state index < -0.39 is 17.4 Å². The molecule has 8 nitrogen and oxygen atoms in total. The Hall–Kier alpha value is -4.57. The zero-order valence-electron chi connectivity index (χ0n) is 19.8. The number of halogens is 2. The normalized spacial score (nSPS) is 13.1. The number of para-hydroxylation sites is 1. The van der Waals surface area contributed by atoms with Gasteiger partial charge in [-0.2, -0.15) is 5.10 Å². The van der Waals surface area contributed by atoms with Crippen LogP contribution in [0.5, 0.6) is 11.6 Å². The summed E-state index contributed by atoms with van der Waals surface area (Å²) in [7, 11) is 0. The predicted molar refractivity (Wildman–Crippen MR) is 134 cm³/mol. The molecule has 5 aromatic rings. The van der Waals surface area contributed by atoms with Gasteiger partial charge >= 0.3 is 0 Å². The van der Waals surface area contributed by atoms with E-state index in [1.54, 1.807) is 6.92 Å². The topological polar surface area (TPSA) is 111 Å². The summed E-state index contributed by atoms with van der Waals surface area (Å²) in [5, 5.41) is 8.71. The SMILES string of the molecule is Cc1cc(Oc2c(F)cccc2F)ncc1-n1ncc(C(=O)c2cc3c4c(ccc3[nH]2)CNCC4)c1N. The van der Waals surface area contributed by atoms with Crippen molar-refractivity contribution < 1.29 is 18.3 Å². The lowest BCUT2D eigenvalue weighted by Crippen LogP contribution is -2.23. The maximum absolute atomic E-state index is 13.9. The van der Waals surface area contributed by atoms with Crippen molar-refractivity contribution in [3.05, 3.63) is 94.4 Å². The number of nitrogens with one attached hydrogen (secondary N) is 2. The molecule has 186 valence electrons. The largest absolute Gasteiger partial charge is 0.433 e. The number of pyridine rings is 1. The summed E-state index contributed by atoms with van der Waals surface area (Å²) in [6, 6.07) is 10.9. The van der Waals surface area contributed by atoms with Crippen molar-refractivity contribution in [3.63, 3.8) is 0 Å². The molecule has 0 unspecified atom stereocenters. The minimum Gasteiger partial charge on any atom is -0.433 e. The van der Waals surface area contributed by atoms with E-state index in [0.29, 0.717) is 16.9 Å². The molecule has 4 heterocycles. The molecule has 0 atom stereocenters. The van der Waals surface area contributed by atoms with E-state index in [1.807, 2.05) is 12.1 Å². The fraction of sp³-hybridized carbons (Fsp3) is 0.148. The Morgan fingerprint density at radius 3 is 2.73 bits per heavy atom. The average molecular weight is 501 g/mol. The molecule has 0 aliphatic carbocycles. The maximum atomic E-state index is 13.9. The monoisotopic (exact) mass is 500 g/mol. The van der Waals surface area contributed by atoms with Gasteiger partial charge in [0, 0.05) is 23.5 Å². The number of ketones is 1. The van der Waals surface area contributed by atoms with E-state index >= 15 is 0 Å². The van der Waals surface area contributed by atoms with E-state index in [-0.39, 0.29) is 23.0 Å². The van der Waals surface area contributed by atoms with Gasteiger partial charge in [0.1, 0.15) is 5.82 Å². The molecule has 10 heteroatoms. The van der Waals surface area contributed by atoms with Crippen LogP contribution in [0.2, 0.25) is 0 Å². The van der Waals surface area contributed by atoms with E-state index in [2.05, 4.69) is 26.4 Å². The number of nitrogens with zero attached hydrogens (tertiary/aromatic N) is 3. The van der Waals surface area contributed by atoms with Crippen molar-refractivity contribution >= 4 is 22.5 Å². The molecule has 6 rings (SSSR count). The van der Waals surface area contributed by atoms with Crippen molar-refractivity contribution in [2.24, 2.45) is 0 Å². The molecule has 0 amide bonds. The molecular formula is C27H22F2N6O2. The third-order valence-electron chi connectivity index (χ3n) is 6.59. The van der Waals surface area contributed by atoms with Crippen LogP contribution >= 0.6 is 0 Å². The van der Waals surface area contributed by atoms with Crippen molar-refractivity contribution in [3.8, 4) is 17.3 Å². The second-order valence-electron chi connectivity index (χ2n) is 8.92. The van der Waals surface area contributed by atoms with Gasteiger partial charge in [0.05, 0.1) is 29.3 Å². The molecule has 0 saturated carbocycles. The fourth-order valence-corrected chi connectivity index (χ4v) is 4.68. The van der Waals surface area contributed by atoms with Crippen molar-refractivity contribution in [1.29, 1.82) is 0 Å². The van der Waals surface area contributed by atoms with Gasteiger partial charge in [-0.25, -0.2) is 18.4 Å². The lowest BCUT2D eigenvalue weighted by Gasteiger charge is -2.17. The van der Waals surface area contributed by atoms with Gasteiger partial charge < -0.3 is 20.8 Å². The number of anilines is 1.